The Morgan fingerprint density at radius 3 is 2.93 bits per heavy atom. The zero-order chi connectivity index (χ0) is 9.97. The first-order chi connectivity index (χ1) is 6.75. The van der Waals surface area contributed by atoms with Gasteiger partial charge in [0.15, 0.2) is 0 Å². The summed E-state index contributed by atoms with van der Waals surface area (Å²) in [6.45, 7) is 0.532. The van der Waals surface area contributed by atoms with Gasteiger partial charge in [-0.3, -0.25) is 9.36 Å². The summed E-state index contributed by atoms with van der Waals surface area (Å²) >= 11 is 7.25. The molecule has 0 aromatic carbocycles. The number of halogens is 1. The number of hydrogen-bond acceptors (Lipinski definition) is 3. The molecule has 0 aliphatic carbocycles. The molecule has 0 atom stereocenters. The Balaban J connectivity index is 2.27. The van der Waals surface area contributed by atoms with Crippen LogP contribution in [0.1, 0.15) is 4.88 Å². The van der Waals surface area contributed by atoms with Gasteiger partial charge in [0.1, 0.15) is 0 Å². The molecule has 2 aromatic rings. The van der Waals surface area contributed by atoms with Crippen LogP contribution in [-0.2, 0) is 6.54 Å². The van der Waals surface area contributed by atoms with Gasteiger partial charge in [0.25, 0.3) is 5.56 Å². The van der Waals surface area contributed by atoms with Gasteiger partial charge in [0.2, 0.25) is 0 Å². The SMILES string of the molecule is O=c1ccncn1Cc1ccc(Cl)s1. The van der Waals surface area contributed by atoms with E-state index in [1.807, 2.05) is 12.1 Å². The molecule has 0 N–H and O–H groups in total. The van der Waals surface area contributed by atoms with Gasteiger partial charge in [-0.05, 0) is 12.1 Å². The van der Waals surface area contributed by atoms with Crippen LogP contribution in [0.25, 0.3) is 0 Å². The molecular weight excluding hydrogens is 220 g/mol. The van der Waals surface area contributed by atoms with Crippen molar-refractivity contribution in [3.05, 3.63) is 50.3 Å². The normalized spacial score (nSPS) is 10.4. The summed E-state index contributed by atoms with van der Waals surface area (Å²) in [5.74, 6) is 0. The lowest BCUT2D eigenvalue weighted by molar-refractivity contribution is 0.745. The van der Waals surface area contributed by atoms with Crippen molar-refractivity contribution in [1.29, 1.82) is 0 Å². The number of rotatable bonds is 2. The summed E-state index contributed by atoms with van der Waals surface area (Å²) in [7, 11) is 0. The highest BCUT2D eigenvalue weighted by Gasteiger charge is 2.00. The summed E-state index contributed by atoms with van der Waals surface area (Å²) in [6, 6.07) is 5.17. The van der Waals surface area contributed by atoms with Crippen molar-refractivity contribution in [2.75, 3.05) is 0 Å². The van der Waals surface area contributed by atoms with Crippen LogP contribution in [0.15, 0.2) is 35.5 Å². The van der Waals surface area contributed by atoms with E-state index in [9.17, 15) is 4.79 Å². The molecule has 2 heterocycles. The van der Waals surface area contributed by atoms with Crippen LogP contribution in [0, 0.1) is 0 Å². The summed E-state index contributed by atoms with van der Waals surface area (Å²) in [5, 5.41) is 0. The Morgan fingerprint density at radius 2 is 2.29 bits per heavy atom. The van der Waals surface area contributed by atoms with Crippen LogP contribution in [0.5, 0.6) is 0 Å². The standard InChI is InChI=1S/C9H7ClN2OS/c10-8-2-1-7(14-8)5-12-6-11-4-3-9(12)13/h1-4,6H,5H2. The fraction of sp³-hybridized carbons (Fsp3) is 0.111. The third-order valence-electron chi connectivity index (χ3n) is 1.75. The number of thiophene rings is 1. The maximum Gasteiger partial charge on any atom is 0.253 e. The van der Waals surface area contributed by atoms with Crippen LogP contribution < -0.4 is 5.56 Å². The van der Waals surface area contributed by atoms with E-state index in [0.29, 0.717) is 6.54 Å². The molecule has 5 heteroatoms. The molecule has 2 rings (SSSR count). The van der Waals surface area contributed by atoms with Crippen molar-refractivity contribution >= 4 is 22.9 Å². The van der Waals surface area contributed by atoms with E-state index in [1.54, 1.807) is 4.57 Å². The molecule has 0 aliphatic rings. The third-order valence-corrected chi connectivity index (χ3v) is 2.96. The van der Waals surface area contributed by atoms with E-state index in [1.165, 1.54) is 29.9 Å². The zero-order valence-corrected chi connectivity index (χ0v) is 8.76. The maximum atomic E-state index is 11.3. The van der Waals surface area contributed by atoms with Crippen molar-refractivity contribution in [1.82, 2.24) is 9.55 Å². The van der Waals surface area contributed by atoms with E-state index in [0.717, 1.165) is 9.21 Å². The lowest BCUT2D eigenvalue weighted by Gasteiger charge is -2.00. The second-order valence-corrected chi connectivity index (χ2v) is 4.55. The Hall–Kier alpha value is -1.13. The van der Waals surface area contributed by atoms with Gasteiger partial charge in [-0.2, -0.15) is 0 Å². The van der Waals surface area contributed by atoms with Crippen LogP contribution in [0.4, 0.5) is 0 Å². The molecule has 0 amide bonds. The molecule has 3 nitrogen and oxygen atoms in total. The van der Waals surface area contributed by atoms with Gasteiger partial charge in [-0.1, -0.05) is 11.6 Å². The van der Waals surface area contributed by atoms with Crippen LogP contribution >= 0.6 is 22.9 Å². The molecule has 0 spiro atoms. The maximum absolute atomic E-state index is 11.3. The first-order valence-corrected chi connectivity index (χ1v) is 5.20. The lowest BCUT2D eigenvalue weighted by atomic mass is 10.4. The molecule has 0 saturated heterocycles. The minimum absolute atomic E-state index is 0.0514. The monoisotopic (exact) mass is 226 g/mol. The molecule has 0 aliphatic heterocycles. The molecule has 0 unspecified atom stereocenters. The van der Waals surface area contributed by atoms with Crippen LogP contribution in [0.3, 0.4) is 0 Å². The largest absolute Gasteiger partial charge is 0.294 e. The highest BCUT2D eigenvalue weighted by Crippen LogP contribution is 2.21. The van der Waals surface area contributed by atoms with E-state index in [2.05, 4.69) is 4.98 Å². The van der Waals surface area contributed by atoms with Crippen LogP contribution in [-0.4, -0.2) is 9.55 Å². The second-order valence-electron chi connectivity index (χ2n) is 2.75. The predicted molar refractivity (Wildman–Crippen MR) is 56.9 cm³/mol. The predicted octanol–water partition coefficient (Wildman–Crippen LogP) is 2.01. The molecular formula is C9H7ClN2OS. The molecule has 0 bridgehead atoms. The van der Waals surface area contributed by atoms with E-state index in [-0.39, 0.29) is 5.56 Å². The summed E-state index contributed by atoms with van der Waals surface area (Å²) in [6.07, 6.45) is 3.01. The summed E-state index contributed by atoms with van der Waals surface area (Å²) in [5.41, 5.74) is -0.0514. The van der Waals surface area contributed by atoms with Crippen molar-refractivity contribution in [3.8, 4) is 0 Å². The molecule has 2 aromatic heterocycles. The van der Waals surface area contributed by atoms with Gasteiger partial charge in [-0.25, -0.2) is 4.98 Å². The Kier molecular flexibility index (Phi) is 2.65. The number of hydrogen-bond donors (Lipinski definition) is 0. The highest BCUT2D eigenvalue weighted by atomic mass is 35.5. The fourth-order valence-corrected chi connectivity index (χ4v) is 2.19. The third kappa shape index (κ3) is 2.02. The Labute approximate surface area is 89.6 Å². The zero-order valence-electron chi connectivity index (χ0n) is 7.18. The van der Waals surface area contributed by atoms with Crippen molar-refractivity contribution < 1.29 is 0 Å². The molecule has 0 radical (unpaired) electrons. The lowest BCUT2D eigenvalue weighted by Crippen LogP contribution is -2.18. The van der Waals surface area contributed by atoms with Crippen molar-refractivity contribution in [3.63, 3.8) is 0 Å². The summed E-state index contributed by atoms with van der Waals surface area (Å²) in [4.78, 5) is 16.3. The highest BCUT2D eigenvalue weighted by molar-refractivity contribution is 7.16. The van der Waals surface area contributed by atoms with E-state index >= 15 is 0 Å². The molecule has 14 heavy (non-hydrogen) atoms. The smallest absolute Gasteiger partial charge is 0.253 e. The van der Waals surface area contributed by atoms with E-state index in [4.69, 9.17) is 11.6 Å². The Morgan fingerprint density at radius 1 is 1.43 bits per heavy atom. The first-order valence-electron chi connectivity index (χ1n) is 4.00. The average Bonchev–Trinajstić information content (AvgIpc) is 2.56. The number of aromatic nitrogens is 2. The fourth-order valence-electron chi connectivity index (χ4n) is 1.10. The van der Waals surface area contributed by atoms with Crippen molar-refractivity contribution in [2.45, 2.75) is 6.54 Å². The van der Waals surface area contributed by atoms with Gasteiger partial charge in [-0.15, -0.1) is 11.3 Å². The van der Waals surface area contributed by atoms with Crippen molar-refractivity contribution in [2.24, 2.45) is 0 Å². The molecule has 0 fully saturated rings. The average molecular weight is 227 g/mol. The quantitative estimate of drug-likeness (QED) is 0.785. The van der Waals surface area contributed by atoms with Gasteiger partial charge in [0.05, 0.1) is 17.2 Å². The second kappa shape index (κ2) is 3.94. The Bertz CT molecular complexity index is 491. The minimum Gasteiger partial charge on any atom is -0.294 e. The van der Waals surface area contributed by atoms with Gasteiger partial charge >= 0.3 is 0 Å². The molecule has 0 saturated carbocycles. The number of nitrogens with zero attached hydrogens (tertiary/aromatic N) is 2. The minimum atomic E-state index is -0.0514. The summed E-state index contributed by atoms with van der Waals surface area (Å²) < 4.78 is 2.28. The van der Waals surface area contributed by atoms with Gasteiger partial charge in [0, 0.05) is 17.1 Å². The van der Waals surface area contributed by atoms with Gasteiger partial charge < -0.3 is 0 Å². The van der Waals surface area contributed by atoms with E-state index < -0.39 is 0 Å². The first kappa shape index (κ1) is 9.43. The van der Waals surface area contributed by atoms with Crippen LogP contribution in [0.2, 0.25) is 4.34 Å². The topological polar surface area (TPSA) is 34.9 Å². The molecule has 72 valence electrons.